The summed E-state index contributed by atoms with van der Waals surface area (Å²) >= 11 is 6.32. The van der Waals surface area contributed by atoms with E-state index in [9.17, 15) is 0 Å². The fourth-order valence-electron chi connectivity index (χ4n) is 3.01. The summed E-state index contributed by atoms with van der Waals surface area (Å²) in [6, 6.07) is 9.10. The SMILES string of the molecule is CCCC(C)CC(CNC1CC1)Cc1ccccc1Cl. The van der Waals surface area contributed by atoms with Crippen molar-refractivity contribution in [2.75, 3.05) is 6.54 Å². The molecule has 1 aromatic rings. The van der Waals surface area contributed by atoms with Crippen LogP contribution >= 0.6 is 11.6 Å². The lowest BCUT2D eigenvalue weighted by Crippen LogP contribution is -2.27. The molecule has 1 aliphatic rings. The molecule has 0 aliphatic heterocycles. The van der Waals surface area contributed by atoms with Gasteiger partial charge in [-0.2, -0.15) is 0 Å². The highest BCUT2D eigenvalue weighted by atomic mass is 35.5. The first-order valence-corrected chi connectivity index (χ1v) is 8.53. The van der Waals surface area contributed by atoms with Gasteiger partial charge in [0.05, 0.1) is 0 Å². The summed E-state index contributed by atoms with van der Waals surface area (Å²) in [5.41, 5.74) is 1.31. The summed E-state index contributed by atoms with van der Waals surface area (Å²) in [6.45, 7) is 5.81. The van der Waals surface area contributed by atoms with Gasteiger partial charge in [0.15, 0.2) is 0 Å². The number of rotatable bonds is 9. The van der Waals surface area contributed by atoms with E-state index < -0.39 is 0 Å². The van der Waals surface area contributed by atoms with Crippen LogP contribution in [0.2, 0.25) is 5.02 Å². The second-order valence-electron chi connectivity index (χ2n) is 6.47. The first-order valence-electron chi connectivity index (χ1n) is 8.15. The van der Waals surface area contributed by atoms with E-state index >= 15 is 0 Å². The van der Waals surface area contributed by atoms with Crippen molar-refractivity contribution in [1.82, 2.24) is 5.32 Å². The third-order valence-electron chi connectivity index (χ3n) is 4.26. The molecular formula is C18H28ClN. The molecule has 0 radical (unpaired) electrons. The Balaban J connectivity index is 1.91. The zero-order valence-electron chi connectivity index (χ0n) is 12.9. The number of benzene rings is 1. The van der Waals surface area contributed by atoms with E-state index in [0.717, 1.165) is 29.9 Å². The normalized spacial score (nSPS) is 17.9. The number of nitrogens with one attached hydrogen (secondary N) is 1. The first kappa shape index (κ1) is 15.9. The van der Waals surface area contributed by atoms with Gasteiger partial charge in [-0.3, -0.25) is 0 Å². The molecule has 0 amide bonds. The quantitative estimate of drug-likeness (QED) is 0.670. The third-order valence-corrected chi connectivity index (χ3v) is 4.62. The smallest absolute Gasteiger partial charge is 0.0438 e. The van der Waals surface area contributed by atoms with E-state index in [1.165, 1.54) is 37.7 Å². The maximum Gasteiger partial charge on any atom is 0.0438 e. The molecule has 1 nitrogen and oxygen atoms in total. The van der Waals surface area contributed by atoms with Crippen molar-refractivity contribution in [3.05, 3.63) is 34.9 Å². The Morgan fingerprint density at radius 2 is 2.05 bits per heavy atom. The predicted octanol–water partition coefficient (Wildman–Crippen LogP) is 5.08. The van der Waals surface area contributed by atoms with Gasteiger partial charge in [0.25, 0.3) is 0 Å². The minimum Gasteiger partial charge on any atom is -0.314 e. The molecule has 1 aliphatic carbocycles. The van der Waals surface area contributed by atoms with E-state index in [-0.39, 0.29) is 0 Å². The molecule has 0 heterocycles. The highest BCUT2D eigenvalue weighted by Gasteiger charge is 2.23. The molecular weight excluding hydrogens is 266 g/mol. The topological polar surface area (TPSA) is 12.0 Å². The first-order chi connectivity index (χ1) is 9.69. The summed E-state index contributed by atoms with van der Waals surface area (Å²) in [5, 5.41) is 4.62. The Morgan fingerprint density at radius 3 is 2.70 bits per heavy atom. The van der Waals surface area contributed by atoms with Crippen molar-refractivity contribution in [2.24, 2.45) is 11.8 Å². The number of hydrogen-bond acceptors (Lipinski definition) is 1. The molecule has 0 aromatic heterocycles. The zero-order chi connectivity index (χ0) is 14.4. The molecule has 1 N–H and O–H groups in total. The van der Waals surface area contributed by atoms with Crippen LogP contribution in [-0.2, 0) is 6.42 Å². The van der Waals surface area contributed by atoms with E-state index in [1.54, 1.807) is 0 Å². The zero-order valence-corrected chi connectivity index (χ0v) is 13.6. The summed E-state index contributed by atoms with van der Waals surface area (Å²) in [6.07, 6.45) is 7.76. The van der Waals surface area contributed by atoms with Crippen molar-refractivity contribution in [3.63, 3.8) is 0 Å². The molecule has 2 heteroatoms. The van der Waals surface area contributed by atoms with Gasteiger partial charge in [0, 0.05) is 11.1 Å². The molecule has 2 unspecified atom stereocenters. The van der Waals surface area contributed by atoms with Gasteiger partial charge in [-0.25, -0.2) is 0 Å². The Kier molecular flexibility index (Phi) is 6.38. The van der Waals surface area contributed by atoms with E-state index in [0.29, 0.717) is 5.92 Å². The van der Waals surface area contributed by atoms with E-state index in [2.05, 4.69) is 31.3 Å². The van der Waals surface area contributed by atoms with Crippen LogP contribution < -0.4 is 5.32 Å². The summed E-state index contributed by atoms with van der Waals surface area (Å²) in [7, 11) is 0. The lowest BCUT2D eigenvalue weighted by molar-refractivity contribution is 0.353. The second-order valence-corrected chi connectivity index (χ2v) is 6.88. The van der Waals surface area contributed by atoms with Crippen LogP contribution in [0.15, 0.2) is 24.3 Å². The molecule has 0 saturated heterocycles. The van der Waals surface area contributed by atoms with Crippen LogP contribution in [0.25, 0.3) is 0 Å². The molecule has 2 rings (SSSR count). The van der Waals surface area contributed by atoms with Gasteiger partial charge in [0.1, 0.15) is 0 Å². The largest absolute Gasteiger partial charge is 0.314 e. The van der Waals surface area contributed by atoms with Gasteiger partial charge in [0.2, 0.25) is 0 Å². The molecule has 0 spiro atoms. The second kappa shape index (κ2) is 8.05. The van der Waals surface area contributed by atoms with Crippen LogP contribution in [-0.4, -0.2) is 12.6 Å². The lowest BCUT2D eigenvalue weighted by Gasteiger charge is -2.22. The summed E-state index contributed by atoms with van der Waals surface area (Å²) < 4.78 is 0. The van der Waals surface area contributed by atoms with Crippen LogP contribution in [0.3, 0.4) is 0 Å². The van der Waals surface area contributed by atoms with Crippen molar-refractivity contribution in [3.8, 4) is 0 Å². The number of hydrogen-bond donors (Lipinski definition) is 1. The molecule has 1 aromatic carbocycles. The molecule has 20 heavy (non-hydrogen) atoms. The van der Waals surface area contributed by atoms with Gasteiger partial charge in [-0.05, 0) is 55.7 Å². The fourth-order valence-corrected chi connectivity index (χ4v) is 3.23. The Labute approximate surface area is 129 Å². The van der Waals surface area contributed by atoms with E-state index in [4.69, 9.17) is 11.6 Å². The lowest BCUT2D eigenvalue weighted by atomic mass is 9.88. The Hall–Kier alpha value is -0.530. The third kappa shape index (κ3) is 5.46. The van der Waals surface area contributed by atoms with Gasteiger partial charge >= 0.3 is 0 Å². The molecule has 1 fully saturated rings. The van der Waals surface area contributed by atoms with E-state index in [1.807, 2.05) is 12.1 Å². The van der Waals surface area contributed by atoms with Crippen LogP contribution in [0.5, 0.6) is 0 Å². The fraction of sp³-hybridized carbons (Fsp3) is 0.667. The van der Waals surface area contributed by atoms with Crippen LogP contribution in [0.4, 0.5) is 0 Å². The summed E-state index contributed by atoms with van der Waals surface area (Å²) in [4.78, 5) is 0. The van der Waals surface area contributed by atoms with Crippen molar-refractivity contribution < 1.29 is 0 Å². The maximum atomic E-state index is 6.32. The molecule has 0 bridgehead atoms. The van der Waals surface area contributed by atoms with Gasteiger partial charge in [-0.1, -0.05) is 56.5 Å². The standard InChI is InChI=1S/C18H28ClN/c1-3-6-14(2)11-15(13-20-17-9-10-17)12-16-7-4-5-8-18(16)19/h4-5,7-8,14-15,17,20H,3,6,9-13H2,1-2H3. The van der Waals surface area contributed by atoms with Crippen molar-refractivity contribution in [1.29, 1.82) is 0 Å². The molecule has 112 valence electrons. The molecule has 2 atom stereocenters. The average Bonchev–Trinajstić information content (AvgIpc) is 3.23. The van der Waals surface area contributed by atoms with Crippen molar-refractivity contribution >= 4 is 11.6 Å². The number of halogens is 1. The predicted molar refractivity (Wildman–Crippen MR) is 88.4 cm³/mol. The maximum absolute atomic E-state index is 6.32. The summed E-state index contributed by atoms with van der Waals surface area (Å²) in [5.74, 6) is 1.52. The minimum atomic E-state index is 0.706. The van der Waals surface area contributed by atoms with Crippen molar-refractivity contribution in [2.45, 2.75) is 58.4 Å². The van der Waals surface area contributed by atoms with Gasteiger partial charge in [-0.15, -0.1) is 0 Å². The van der Waals surface area contributed by atoms with Gasteiger partial charge < -0.3 is 5.32 Å². The van der Waals surface area contributed by atoms with Crippen LogP contribution in [0, 0.1) is 11.8 Å². The Morgan fingerprint density at radius 1 is 1.30 bits per heavy atom. The minimum absolute atomic E-state index is 0.706. The highest BCUT2D eigenvalue weighted by Crippen LogP contribution is 2.25. The molecule has 1 saturated carbocycles. The van der Waals surface area contributed by atoms with Crippen LogP contribution in [0.1, 0.15) is 51.5 Å². The highest BCUT2D eigenvalue weighted by molar-refractivity contribution is 6.31. The Bertz CT molecular complexity index is 400. The monoisotopic (exact) mass is 293 g/mol. The average molecular weight is 294 g/mol.